The summed E-state index contributed by atoms with van der Waals surface area (Å²) in [6.07, 6.45) is -0.748. The molecule has 1 N–H and O–H groups in total. The highest BCUT2D eigenvalue weighted by atomic mass is 79.9. The molecule has 0 saturated heterocycles. The Morgan fingerprint density at radius 1 is 1.33 bits per heavy atom. The first-order valence-corrected chi connectivity index (χ1v) is 7.77. The third-order valence-electron chi connectivity index (χ3n) is 2.42. The Kier molecular flexibility index (Phi) is 4.72. The first-order chi connectivity index (χ1) is 8.52. The average molecular weight is 413 g/mol. The zero-order valence-corrected chi connectivity index (χ0v) is 14.0. The lowest BCUT2D eigenvalue weighted by atomic mass is 10.1. The summed E-state index contributed by atoms with van der Waals surface area (Å²) < 4.78 is 6.99. The van der Waals surface area contributed by atoms with Crippen LogP contribution in [0, 0.1) is 0 Å². The number of aliphatic hydroxyl groups excluding tert-OH is 1. The number of methoxy groups -OCH3 is 1. The number of ether oxygens (including phenoxy) is 1. The molecule has 2 nitrogen and oxygen atoms in total. The Hall–Kier alpha value is -0.0700. The van der Waals surface area contributed by atoms with E-state index in [1.54, 1.807) is 13.2 Å². The van der Waals surface area contributed by atoms with Gasteiger partial charge in [0, 0.05) is 14.9 Å². The predicted molar refractivity (Wildman–Crippen MR) is 81.8 cm³/mol. The fraction of sp³-hybridized carbons (Fsp3) is 0.167. The van der Waals surface area contributed by atoms with Gasteiger partial charge in [-0.25, -0.2) is 0 Å². The van der Waals surface area contributed by atoms with Crippen LogP contribution in [0.3, 0.4) is 0 Å². The first kappa shape index (κ1) is 14.3. The molecule has 1 aromatic carbocycles. The highest BCUT2D eigenvalue weighted by Crippen LogP contribution is 2.40. The van der Waals surface area contributed by atoms with E-state index in [-0.39, 0.29) is 0 Å². The van der Waals surface area contributed by atoms with Crippen molar-refractivity contribution in [2.45, 2.75) is 6.10 Å². The largest absolute Gasteiger partial charge is 0.496 e. The molecule has 1 unspecified atom stereocenters. The van der Waals surface area contributed by atoms with E-state index >= 15 is 0 Å². The summed E-state index contributed by atoms with van der Waals surface area (Å²) in [5.74, 6) is 0.637. The molecule has 0 aliphatic rings. The van der Waals surface area contributed by atoms with Crippen molar-refractivity contribution in [1.82, 2.24) is 0 Å². The number of rotatable bonds is 3. The van der Waals surface area contributed by atoms with Crippen molar-refractivity contribution in [3.8, 4) is 5.75 Å². The zero-order valence-electron chi connectivity index (χ0n) is 9.28. The Labute approximate surface area is 131 Å². The monoisotopic (exact) mass is 410 g/mol. The molecule has 0 aliphatic carbocycles. The van der Waals surface area contributed by atoms with E-state index in [1.165, 1.54) is 11.3 Å². The molecule has 2 aromatic rings. The quantitative estimate of drug-likeness (QED) is 0.767. The van der Waals surface area contributed by atoms with E-state index in [0.29, 0.717) is 16.3 Å². The number of thiophene rings is 1. The number of hydrogen-bond donors (Lipinski definition) is 1. The van der Waals surface area contributed by atoms with Crippen LogP contribution in [0.25, 0.3) is 0 Å². The summed E-state index contributed by atoms with van der Waals surface area (Å²) in [7, 11) is 1.58. The second-order valence-electron chi connectivity index (χ2n) is 3.56. The minimum absolute atomic E-state index is 0.602. The van der Waals surface area contributed by atoms with Crippen molar-refractivity contribution >= 4 is 54.8 Å². The molecule has 0 spiro atoms. The Balaban J connectivity index is 2.42. The van der Waals surface area contributed by atoms with Gasteiger partial charge in [0.15, 0.2) is 0 Å². The van der Waals surface area contributed by atoms with Gasteiger partial charge in [0.05, 0.1) is 15.9 Å². The maximum atomic E-state index is 10.4. The van der Waals surface area contributed by atoms with Gasteiger partial charge >= 0.3 is 0 Å². The molecular formula is C12H9Br2ClO2S. The zero-order chi connectivity index (χ0) is 13.3. The van der Waals surface area contributed by atoms with Gasteiger partial charge in [-0.05, 0) is 34.1 Å². The van der Waals surface area contributed by atoms with E-state index in [9.17, 15) is 5.11 Å². The van der Waals surface area contributed by atoms with Crippen LogP contribution in [-0.2, 0) is 0 Å². The topological polar surface area (TPSA) is 29.5 Å². The molecular weight excluding hydrogens is 403 g/mol. The number of halogens is 3. The Morgan fingerprint density at radius 3 is 2.61 bits per heavy atom. The maximum Gasteiger partial charge on any atom is 0.126 e. The molecule has 96 valence electrons. The van der Waals surface area contributed by atoms with Crippen LogP contribution in [0.5, 0.6) is 5.75 Å². The highest BCUT2D eigenvalue weighted by molar-refractivity contribution is 9.11. The summed E-state index contributed by atoms with van der Waals surface area (Å²) in [5, 5.41) is 11.0. The van der Waals surface area contributed by atoms with Gasteiger partial charge in [0.25, 0.3) is 0 Å². The van der Waals surface area contributed by atoms with Crippen LogP contribution < -0.4 is 4.74 Å². The van der Waals surface area contributed by atoms with Crippen molar-refractivity contribution in [3.63, 3.8) is 0 Å². The molecule has 18 heavy (non-hydrogen) atoms. The second kappa shape index (κ2) is 5.92. The van der Waals surface area contributed by atoms with Crippen LogP contribution in [0.1, 0.15) is 16.5 Å². The summed E-state index contributed by atoms with van der Waals surface area (Å²) in [4.78, 5) is 0.771. The lowest BCUT2D eigenvalue weighted by Gasteiger charge is -2.13. The van der Waals surface area contributed by atoms with Gasteiger partial charge in [0.2, 0.25) is 0 Å². The number of hydrogen-bond acceptors (Lipinski definition) is 3. The maximum absolute atomic E-state index is 10.4. The first-order valence-electron chi connectivity index (χ1n) is 4.99. The number of aliphatic hydroxyl groups is 1. The van der Waals surface area contributed by atoms with Gasteiger partial charge in [-0.15, -0.1) is 11.3 Å². The normalized spacial score (nSPS) is 12.5. The molecule has 0 fully saturated rings. The van der Waals surface area contributed by atoms with Crippen molar-refractivity contribution in [3.05, 3.63) is 48.0 Å². The molecule has 1 aromatic heterocycles. The van der Waals surface area contributed by atoms with Gasteiger partial charge < -0.3 is 9.84 Å². The fourth-order valence-corrected chi connectivity index (χ4v) is 3.65. The van der Waals surface area contributed by atoms with E-state index in [4.69, 9.17) is 16.3 Å². The van der Waals surface area contributed by atoms with Gasteiger partial charge in [-0.2, -0.15) is 0 Å². The van der Waals surface area contributed by atoms with Gasteiger partial charge in [0.1, 0.15) is 11.9 Å². The molecule has 0 aliphatic heterocycles. The third-order valence-corrected chi connectivity index (χ3v) is 5.44. The van der Waals surface area contributed by atoms with E-state index in [1.807, 2.05) is 18.2 Å². The van der Waals surface area contributed by atoms with Crippen LogP contribution in [0.15, 0.2) is 32.5 Å². The van der Waals surface area contributed by atoms with E-state index < -0.39 is 6.10 Å². The molecule has 2 rings (SSSR count). The minimum atomic E-state index is -0.748. The molecule has 1 heterocycles. The van der Waals surface area contributed by atoms with E-state index in [2.05, 4.69) is 31.9 Å². The average Bonchev–Trinajstić information content (AvgIpc) is 2.68. The second-order valence-corrected chi connectivity index (χ2v) is 7.28. The lowest BCUT2D eigenvalue weighted by molar-refractivity contribution is 0.218. The Bertz CT molecular complexity index is 552. The minimum Gasteiger partial charge on any atom is -0.496 e. The van der Waals surface area contributed by atoms with Crippen LogP contribution in [0.2, 0.25) is 5.02 Å². The summed E-state index contributed by atoms with van der Waals surface area (Å²) in [6, 6.07) is 7.27. The molecule has 1 atom stereocenters. The van der Waals surface area contributed by atoms with Crippen LogP contribution >= 0.6 is 54.8 Å². The van der Waals surface area contributed by atoms with Crippen LogP contribution in [0.4, 0.5) is 0 Å². The van der Waals surface area contributed by atoms with Gasteiger partial charge in [-0.3, -0.25) is 0 Å². The Morgan fingerprint density at radius 2 is 2.06 bits per heavy atom. The summed E-state index contributed by atoms with van der Waals surface area (Å²) in [6.45, 7) is 0. The third kappa shape index (κ3) is 2.91. The predicted octanol–water partition coefficient (Wildman–Crippen LogP) is 5.02. The van der Waals surface area contributed by atoms with Crippen molar-refractivity contribution in [1.29, 1.82) is 0 Å². The highest BCUT2D eigenvalue weighted by Gasteiger charge is 2.19. The molecule has 0 radical (unpaired) electrons. The van der Waals surface area contributed by atoms with Crippen LogP contribution in [-0.4, -0.2) is 12.2 Å². The van der Waals surface area contributed by atoms with Gasteiger partial charge in [-0.1, -0.05) is 33.6 Å². The molecule has 0 saturated carbocycles. The van der Waals surface area contributed by atoms with Crippen molar-refractivity contribution in [2.24, 2.45) is 0 Å². The summed E-state index contributed by atoms with van der Waals surface area (Å²) >= 11 is 14.1. The molecule has 0 amide bonds. The fourth-order valence-electron chi connectivity index (χ4n) is 1.56. The SMILES string of the molecule is COc1cc(Br)ccc1C(O)c1cc(Cl)c(Br)s1. The molecule has 6 heteroatoms. The summed E-state index contributed by atoms with van der Waals surface area (Å²) in [5.41, 5.74) is 0.714. The smallest absolute Gasteiger partial charge is 0.126 e. The van der Waals surface area contributed by atoms with Crippen molar-refractivity contribution in [2.75, 3.05) is 7.11 Å². The lowest BCUT2D eigenvalue weighted by Crippen LogP contribution is -2.00. The van der Waals surface area contributed by atoms with E-state index in [0.717, 1.165) is 13.1 Å². The molecule has 0 bridgehead atoms. The standard InChI is InChI=1S/C12H9Br2ClO2S/c1-17-9-4-6(13)2-3-7(9)11(16)10-5-8(15)12(14)18-10/h2-5,11,16H,1H3. The number of benzene rings is 1. The van der Waals surface area contributed by atoms with Crippen molar-refractivity contribution < 1.29 is 9.84 Å².